The van der Waals surface area contributed by atoms with Crippen LogP contribution in [0.3, 0.4) is 0 Å². The van der Waals surface area contributed by atoms with Gasteiger partial charge in [-0.1, -0.05) is 0 Å². The summed E-state index contributed by atoms with van der Waals surface area (Å²) in [4.78, 5) is 10.7. The highest BCUT2D eigenvalue weighted by Crippen LogP contribution is 2.20. The minimum atomic E-state index is -0.177. The molecule has 1 aliphatic rings. The highest BCUT2D eigenvalue weighted by Gasteiger charge is 2.14. The largest absolute Gasteiger partial charge is 0.463 e. The van der Waals surface area contributed by atoms with E-state index >= 15 is 0 Å². The number of carbonyl (C=O) groups excluding carboxylic acids is 1. The summed E-state index contributed by atoms with van der Waals surface area (Å²) in [5.74, 6) is 0.548. The average molecular weight is 214 g/mol. The smallest absolute Gasteiger partial charge is 0.302 e. The van der Waals surface area contributed by atoms with E-state index in [0.717, 1.165) is 32.0 Å². The number of hydrogen-bond acceptors (Lipinski definition) is 3. The van der Waals surface area contributed by atoms with Gasteiger partial charge in [-0.05, 0) is 44.9 Å². The Kier molecular flexibility index (Phi) is 5.69. The van der Waals surface area contributed by atoms with E-state index in [4.69, 9.17) is 9.47 Å². The molecule has 0 bridgehead atoms. The van der Waals surface area contributed by atoms with E-state index in [0.29, 0.717) is 0 Å². The molecule has 1 saturated heterocycles. The molecule has 15 heavy (non-hydrogen) atoms. The van der Waals surface area contributed by atoms with Crippen LogP contribution in [-0.4, -0.2) is 25.3 Å². The Morgan fingerprint density at radius 2 is 2.40 bits per heavy atom. The first kappa shape index (κ1) is 12.5. The maximum Gasteiger partial charge on any atom is 0.302 e. The van der Waals surface area contributed by atoms with Crippen molar-refractivity contribution in [2.45, 2.75) is 52.1 Å². The number of carbonyl (C=O) groups is 1. The van der Waals surface area contributed by atoms with Gasteiger partial charge in [-0.15, -0.1) is 0 Å². The second-order valence-electron chi connectivity index (χ2n) is 4.43. The van der Waals surface area contributed by atoms with Gasteiger partial charge in [0.25, 0.3) is 0 Å². The van der Waals surface area contributed by atoms with E-state index < -0.39 is 0 Å². The van der Waals surface area contributed by atoms with Gasteiger partial charge >= 0.3 is 5.97 Å². The third kappa shape index (κ3) is 5.78. The fourth-order valence-electron chi connectivity index (χ4n) is 2.07. The zero-order chi connectivity index (χ0) is 11.1. The van der Waals surface area contributed by atoms with E-state index in [1.807, 2.05) is 6.92 Å². The van der Waals surface area contributed by atoms with E-state index in [9.17, 15) is 4.79 Å². The molecule has 0 saturated carbocycles. The van der Waals surface area contributed by atoms with E-state index in [1.165, 1.54) is 26.2 Å². The van der Waals surface area contributed by atoms with Gasteiger partial charge in [0.15, 0.2) is 0 Å². The maximum atomic E-state index is 10.7. The summed E-state index contributed by atoms with van der Waals surface area (Å²) >= 11 is 0. The molecular formula is C12H22O3. The fraction of sp³-hybridized carbons (Fsp3) is 0.917. The van der Waals surface area contributed by atoms with Crippen LogP contribution in [0.15, 0.2) is 0 Å². The number of ether oxygens (including phenoxy) is 2. The van der Waals surface area contributed by atoms with Gasteiger partial charge in [-0.3, -0.25) is 4.79 Å². The summed E-state index contributed by atoms with van der Waals surface area (Å²) in [5.41, 5.74) is 0. The molecule has 0 aromatic rings. The summed E-state index contributed by atoms with van der Waals surface area (Å²) in [6.45, 7) is 5.27. The van der Waals surface area contributed by atoms with Crippen molar-refractivity contribution in [1.82, 2.24) is 0 Å². The lowest BCUT2D eigenvalue weighted by molar-refractivity contribution is -0.145. The summed E-state index contributed by atoms with van der Waals surface area (Å²) in [6, 6.07) is 0. The normalized spacial score (nSPS) is 23.5. The zero-order valence-corrected chi connectivity index (χ0v) is 9.83. The van der Waals surface area contributed by atoms with Gasteiger partial charge in [-0.25, -0.2) is 0 Å². The lowest BCUT2D eigenvalue weighted by Crippen LogP contribution is -2.18. The Bertz CT molecular complexity index is 185. The molecule has 3 nitrogen and oxygen atoms in total. The third-order valence-electron chi connectivity index (χ3n) is 2.84. The van der Waals surface area contributed by atoms with Crippen LogP contribution in [0.5, 0.6) is 0 Å². The Morgan fingerprint density at radius 1 is 1.60 bits per heavy atom. The molecule has 2 atom stereocenters. The molecule has 0 aliphatic carbocycles. The summed E-state index contributed by atoms with van der Waals surface area (Å²) in [6.07, 6.45) is 5.85. The second-order valence-corrected chi connectivity index (χ2v) is 4.43. The van der Waals surface area contributed by atoms with E-state index in [-0.39, 0.29) is 12.1 Å². The summed E-state index contributed by atoms with van der Waals surface area (Å²) < 4.78 is 10.5. The van der Waals surface area contributed by atoms with Crippen molar-refractivity contribution in [1.29, 1.82) is 0 Å². The van der Waals surface area contributed by atoms with Crippen molar-refractivity contribution in [3.05, 3.63) is 0 Å². The molecule has 0 aromatic carbocycles. The molecule has 0 amide bonds. The Balaban J connectivity index is 2.02. The van der Waals surface area contributed by atoms with Crippen molar-refractivity contribution >= 4 is 5.97 Å². The molecule has 3 heteroatoms. The van der Waals surface area contributed by atoms with Crippen LogP contribution in [0.1, 0.15) is 46.0 Å². The first-order valence-corrected chi connectivity index (χ1v) is 5.93. The maximum absolute atomic E-state index is 10.7. The molecule has 88 valence electrons. The quantitative estimate of drug-likeness (QED) is 0.660. The minimum absolute atomic E-state index is 0.0620. The van der Waals surface area contributed by atoms with Crippen LogP contribution in [0.2, 0.25) is 0 Å². The first-order chi connectivity index (χ1) is 7.18. The molecule has 1 fully saturated rings. The Hall–Kier alpha value is -0.570. The van der Waals surface area contributed by atoms with Crippen LogP contribution in [0.25, 0.3) is 0 Å². The number of rotatable bonds is 5. The standard InChI is InChI=1S/C12H22O3/c1-10(15-11(2)13)5-3-6-12-7-4-8-14-9-12/h10,12H,3-9H2,1-2H3. The van der Waals surface area contributed by atoms with Gasteiger partial charge in [0.1, 0.15) is 0 Å². The molecule has 1 rings (SSSR count). The molecular weight excluding hydrogens is 192 g/mol. The van der Waals surface area contributed by atoms with Crippen LogP contribution >= 0.6 is 0 Å². The van der Waals surface area contributed by atoms with Crippen molar-refractivity contribution in [2.24, 2.45) is 5.92 Å². The van der Waals surface area contributed by atoms with Crippen LogP contribution in [-0.2, 0) is 14.3 Å². The van der Waals surface area contributed by atoms with Crippen molar-refractivity contribution in [3.8, 4) is 0 Å². The summed E-state index contributed by atoms with van der Waals surface area (Å²) in [5, 5.41) is 0. The lowest BCUT2D eigenvalue weighted by Gasteiger charge is -2.22. The molecule has 0 radical (unpaired) electrons. The topological polar surface area (TPSA) is 35.5 Å². The third-order valence-corrected chi connectivity index (χ3v) is 2.84. The first-order valence-electron chi connectivity index (χ1n) is 5.93. The predicted molar refractivity (Wildman–Crippen MR) is 58.6 cm³/mol. The lowest BCUT2D eigenvalue weighted by atomic mass is 9.95. The van der Waals surface area contributed by atoms with Crippen LogP contribution < -0.4 is 0 Å². The number of esters is 1. The van der Waals surface area contributed by atoms with Gasteiger partial charge < -0.3 is 9.47 Å². The van der Waals surface area contributed by atoms with Crippen LogP contribution in [0, 0.1) is 5.92 Å². The second kappa shape index (κ2) is 6.83. The summed E-state index contributed by atoms with van der Waals surface area (Å²) in [7, 11) is 0. The molecule has 1 aliphatic heterocycles. The van der Waals surface area contributed by atoms with E-state index in [2.05, 4.69) is 0 Å². The van der Waals surface area contributed by atoms with Crippen molar-refractivity contribution in [2.75, 3.05) is 13.2 Å². The van der Waals surface area contributed by atoms with Gasteiger partial charge in [-0.2, -0.15) is 0 Å². The SMILES string of the molecule is CC(=O)OC(C)CCCC1CCCOC1. The monoisotopic (exact) mass is 214 g/mol. The molecule has 2 unspecified atom stereocenters. The molecule has 0 N–H and O–H groups in total. The highest BCUT2D eigenvalue weighted by molar-refractivity contribution is 5.66. The highest BCUT2D eigenvalue weighted by atomic mass is 16.5. The Labute approximate surface area is 92.1 Å². The van der Waals surface area contributed by atoms with Crippen LogP contribution in [0.4, 0.5) is 0 Å². The molecule has 1 heterocycles. The zero-order valence-electron chi connectivity index (χ0n) is 9.83. The molecule has 0 spiro atoms. The predicted octanol–water partition coefficient (Wildman–Crippen LogP) is 2.53. The Morgan fingerprint density at radius 3 is 3.00 bits per heavy atom. The van der Waals surface area contributed by atoms with Gasteiger partial charge in [0, 0.05) is 20.1 Å². The number of hydrogen-bond donors (Lipinski definition) is 0. The fourth-order valence-corrected chi connectivity index (χ4v) is 2.07. The van der Waals surface area contributed by atoms with E-state index in [1.54, 1.807) is 0 Å². The average Bonchev–Trinajstić information content (AvgIpc) is 2.18. The molecule has 0 aromatic heterocycles. The van der Waals surface area contributed by atoms with Gasteiger partial charge in [0.2, 0.25) is 0 Å². The minimum Gasteiger partial charge on any atom is -0.463 e. The van der Waals surface area contributed by atoms with Crippen molar-refractivity contribution in [3.63, 3.8) is 0 Å². The van der Waals surface area contributed by atoms with Gasteiger partial charge in [0.05, 0.1) is 6.10 Å². The van der Waals surface area contributed by atoms with Crippen molar-refractivity contribution < 1.29 is 14.3 Å².